The summed E-state index contributed by atoms with van der Waals surface area (Å²) in [6, 6.07) is 14.3. The number of aromatic nitrogens is 1. The second-order valence-corrected chi connectivity index (χ2v) is 4.10. The standard InChI is InChI=1S/C14H17NO/c1-11-8-9-12(2)15(11)14(10-16)13-6-4-3-5-7-13/h3-9,14,16H,10H2,1-2H3. The Bertz CT molecular complexity index is 439. The molecule has 0 aliphatic carbocycles. The third kappa shape index (κ3) is 1.89. The highest BCUT2D eigenvalue weighted by molar-refractivity contribution is 5.24. The highest BCUT2D eigenvalue weighted by Crippen LogP contribution is 2.22. The molecule has 1 heterocycles. The van der Waals surface area contributed by atoms with E-state index < -0.39 is 0 Å². The molecule has 0 aliphatic rings. The lowest BCUT2D eigenvalue weighted by Gasteiger charge is -2.21. The van der Waals surface area contributed by atoms with Gasteiger partial charge in [0.15, 0.2) is 0 Å². The largest absolute Gasteiger partial charge is 0.394 e. The van der Waals surface area contributed by atoms with E-state index in [1.807, 2.05) is 18.2 Å². The van der Waals surface area contributed by atoms with E-state index in [4.69, 9.17) is 0 Å². The Kier molecular flexibility index (Phi) is 3.11. The lowest BCUT2D eigenvalue weighted by molar-refractivity contribution is 0.247. The van der Waals surface area contributed by atoms with Gasteiger partial charge in [0.1, 0.15) is 0 Å². The molecule has 2 nitrogen and oxygen atoms in total. The van der Waals surface area contributed by atoms with E-state index in [-0.39, 0.29) is 12.6 Å². The second kappa shape index (κ2) is 4.54. The molecule has 0 spiro atoms. The van der Waals surface area contributed by atoms with Crippen molar-refractivity contribution in [1.29, 1.82) is 0 Å². The Morgan fingerprint density at radius 3 is 2.06 bits per heavy atom. The summed E-state index contributed by atoms with van der Waals surface area (Å²) in [5.74, 6) is 0. The molecule has 0 amide bonds. The summed E-state index contributed by atoms with van der Waals surface area (Å²) >= 11 is 0. The third-order valence-electron chi connectivity index (χ3n) is 2.99. The molecular formula is C14H17NO. The average molecular weight is 215 g/mol. The van der Waals surface area contributed by atoms with Crippen molar-refractivity contribution in [2.45, 2.75) is 19.9 Å². The van der Waals surface area contributed by atoms with Gasteiger partial charge < -0.3 is 9.67 Å². The van der Waals surface area contributed by atoms with Gasteiger partial charge in [0.2, 0.25) is 0 Å². The Morgan fingerprint density at radius 1 is 1.00 bits per heavy atom. The SMILES string of the molecule is Cc1ccc(C)n1C(CO)c1ccccc1. The molecule has 1 aromatic carbocycles. The molecule has 0 saturated heterocycles. The number of hydrogen-bond donors (Lipinski definition) is 1. The van der Waals surface area contributed by atoms with E-state index in [2.05, 4.69) is 42.7 Å². The first-order valence-electron chi connectivity index (χ1n) is 5.54. The highest BCUT2D eigenvalue weighted by atomic mass is 16.3. The second-order valence-electron chi connectivity index (χ2n) is 4.10. The van der Waals surface area contributed by atoms with E-state index >= 15 is 0 Å². The predicted octanol–water partition coefficient (Wildman–Crippen LogP) is 2.69. The van der Waals surface area contributed by atoms with Crippen molar-refractivity contribution in [3.05, 3.63) is 59.4 Å². The van der Waals surface area contributed by atoms with Crippen LogP contribution in [-0.2, 0) is 0 Å². The zero-order chi connectivity index (χ0) is 11.5. The van der Waals surface area contributed by atoms with E-state index in [1.165, 1.54) is 11.4 Å². The third-order valence-corrected chi connectivity index (χ3v) is 2.99. The fraction of sp³-hybridized carbons (Fsp3) is 0.286. The van der Waals surface area contributed by atoms with Crippen LogP contribution in [0.3, 0.4) is 0 Å². The minimum Gasteiger partial charge on any atom is -0.394 e. The van der Waals surface area contributed by atoms with E-state index in [1.54, 1.807) is 0 Å². The van der Waals surface area contributed by atoms with Gasteiger partial charge in [0, 0.05) is 11.4 Å². The van der Waals surface area contributed by atoms with Crippen LogP contribution in [0.5, 0.6) is 0 Å². The zero-order valence-corrected chi connectivity index (χ0v) is 9.72. The van der Waals surface area contributed by atoms with Crippen molar-refractivity contribution >= 4 is 0 Å². The van der Waals surface area contributed by atoms with Crippen molar-refractivity contribution in [1.82, 2.24) is 4.57 Å². The number of hydrogen-bond acceptors (Lipinski definition) is 1. The maximum Gasteiger partial charge on any atom is 0.0816 e. The lowest BCUT2D eigenvalue weighted by Crippen LogP contribution is -2.17. The van der Waals surface area contributed by atoms with Gasteiger partial charge in [-0.1, -0.05) is 30.3 Å². The maximum atomic E-state index is 9.58. The molecule has 2 rings (SSSR count). The van der Waals surface area contributed by atoms with Crippen LogP contribution in [0.25, 0.3) is 0 Å². The molecule has 0 saturated carbocycles. The molecule has 0 aliphatic heterocycles. The van der Waals surface area contributed by atoms with Gasteiger partial charge in [-0.05, 0) is 31.5 Å². The smallest absolute Gasteiger partial charge is 0.0816 e. The summed E-state index contributed by atoms with van der Waals surface area (Å²) in [4.78, 5) is 0. The van der Waals surface area contributed by atoms with Crippen LogP contribution in [0.4, 0.5) is 0 Å². The van der Waals surface area contributed by atoms with Crippen LogP contribution in [0.2, 0.25) is 0 Å². The number of aryl methyl sites for hydroxylation is 2. The molecular weight excluding hydrogens is 198 g/mol. The Hall–Kier alpha value is -1.54. The average Bonchev–Trinajstić information content (AvgIpc) is 2.63. The lowest BCUT2D eigenvalue weighted by atomic mass is 10.1. The fourth-order valence-corrected chi connectivity index (χ4v) is 2.18. The molecule has 2 aromatic rings. The van der Waals surface area contributed by atoms with Gasteiger partial charge in [-0.25, -0.2) is 0 Å². The van der Waals surface area contributed by atoms with Gasteiger partial charge in [-0.3, -0.25) is 0 Å². The number of rotatable bonds is 3. The quantitative estimate of drug-likeness (QED) is 0.836. The van der Waals surface area contributed by atoms with Crippen LogP contribution in [0.15, 0.2) is 42.5 Å². The minimum absolute atomic E-state index is 0.0243. The summed E-state index contributed by atoms with van der Waals surface area (Å²) in [6.45, 7) is 4.26. The van der Waals surface area contributed by atoms with Crippen molar-refractivity contribution < 1.29 is 5.11 Å². The van der Waals surface area contributed by atoms with E-state index in [0.717, 1.165) is 5.56 Å². The molecule has 1 aromatic heterocycles. The molecule has 1 atom stereocenters. The van der Waals surface area contributed by atoms with Gasteiger partial charge >= 0.3 is 0 Å². The van der Waals surface area contributed by atoms with Crippen molar-refractivity contribution in [3.8, 4) is 0 Å². The zero-order valence-electron chi connectivity index (χ0n) is 9.72. The topological polar surface area (TPSA) is 25.2 Å². The number of aliphatic hydroxyl groups excluding tert-OH is 1. The van der Waals surface area contributed by atoms with Gasteiger partial charge in [-0.15, -0.1) is 0 Å². The molecule has 1 unspecified atom stereocenters. The fourth-order valence-electron chi connectivity index (χ4n) is 2.18. The van der Waals surface area contributed by atoms with Crippen LogP contribution in [0, 0.1) is 13.8 Å². The Balaban J connectivity index is 2.45. The van der Waals surface area contributed by atoms with Crippen LogP contribution in [-0.4, -0.2) is 16.3 Å². The molecule has 0 fully saturated rings. The van der Waals surface area contributed by atoms with Crippen molar-refractivity contribution in [2.24, 2.45) is 0 Å². The first kappa shape index (κ1) is 11.0. The van der Waals surface area contributed by atoms with E-state index in [9.17, 15) is 5.11 Å². The first-order valence-corrected chi connectivity index (χ1v) is 5.54. The summed E-state index contributed by atoms with van der Waals surface area (Å²) in [5.41, 5.74) is 3.51. The van der Waals surface area contributed by atoms with Crippen molar-refractivity contribution in [2.75, 3.05) is 6.61 Å². The Labute approximate surface area is 96.2 Å². The molecule has 0 bridgehead atoms. The summed E-state index contributed by atoms with van der Waals surface area (Å²) in [7, 11) is 0. The summed E-state index contributed by atoms with van der Waals surface area (Å²) in [5, 5.41) is 9.58. The van der Waals surface area contributed by atoms with Gasteiger partial charge in [-0.2, -0.15) is 0 Å². The summed E-state index contributed by atoms with van der Waals surface area (Å²) < 4.78 is 2.18. The molecule has 1 N–H and O–H groups in total. The highest BCUT2D eigenvalue weighted by Gasteiger charge is 2.15. The molecule has 0 radical (unpaired) electrons. The van der Waals surface area contributed by atoms with Crippen LogP contribution in [0.1, 0.15) is 23.0 Å². The molecule has 2 heteroatoms. The summed E-state index contributed by atoms with van der Waals surface area (Å²) in [6.07, 6.45) is 0. The molecule has 16 heavy (non-hydrogen) atoms. The normalized spacial score (nSPS) is 12.7. The first-order chi connectivity index (χ1) is 7.74. The Morgan fingerprint density at radius 2 is 1.56 bits per heavy atom. The number of benzene rings is 1. The van der Waals surface area contributed by atoms with Gasteiger partial charge in [0.25, 0.3) is 0 Å². The van der Waals surface area contributed by atoms with Crippen molar-refractivity contribution in [3.63, 3.8) is 0 Å². The monoisotopic (exact) mass is 215 g/mol. The van der Waals surface area contributed by atoms with Crippen LogP contribution < -0.4 is 0 Å². The number of aliphatic hydroxyl groups is 1. The predicted molar refractivity (Wildman–Crippen MR) is 65.6 cm³/mol. The minimum atomic E-state index is 0.0243. The van der Waals surface area contributed by atoms with E-state index in [0.29, 0.717) is 0 Å². The maximum absolute atomic E-state index is 9.58. The molecule has 84 valence electrons. The number of nitrogens with zero attached hydrogens (tertiary/aromatic N) is 1. The van der Waals surface area contributed by atoms with Crippen LogP contribution >= 0.6 is 0 Å². The van der Waals surface area contributed by atoms with Gasteiger partial charge in [0.05, 0.1) is 12.6 Å².